The highest BCUT2D eigenvalue weighted by Gasteiger charge is 2.40. The maximum absolute atomic E-state index is 12.4. The lowest BCUT2D eigenvalue weighted by atomic mass is 10.0. The molecule has 1 aromatic carbocycles. The number of benzene rings is 1. The van der Waals surface area contributed by atoms with Crippen molar-refractivity contribution in [2.75, 3.05) is 13.2 Å². The van der Waals surface area contributed by atoms with Crippen LogP contribution in [-0.2, 0) is 6.42 Å². The van der Waals surface area contributed by atoms with Crippen molar-refractivity contribution in [1.29, 1.82) is 0 Å². The van der Waals surface area contributed by atoms with Gasteiger partial charge in [0.15, 0.2) is 0 Å². The van der Waals surface area contributed by atoms with Gasteiger partial charge in [-0.25, -0.2) is 0 Å². The number of hydrogen-bond acceptors (Lipinski definition) is 3. The highest BCUT2D eigenvalue weighted by Crippen LogP contribution is 2.31. The Labute approximate surface area is 118 Å². The largest absolute Gasteiger partial charge is 0.493 e. The van der Waals surface area contributed by atoms with Crippen LogP contribution in [-0.4, -0.2) is 31.1 Å². The molecule has 1 saturated carbocycles. The minimum Gasteiger partial charge on any atom is -0.493 e. The number of hydrogen-bond donors (Lipinski definition) is 2. The summed E-state index contributed by atoms with van der Waals surface area (Å²) in [7, 11) is 0. The van der Waals surface area contributed by atoms with Gasteiger partial charge in [-0.15, -0.1) is 0 Å². The molecule has 2 heterocycles. The molecule has 20 heavy (non-hydrogen) atoms. The summed E-state index contributed by atoms with van der Waals surface area (Å²) in [6.07, 6.45) is 4.33. The molecule has 1 amide bonds. The minimum absolute atomic E-state index is 0.0657. The van der Waals surface area contributed by atoms with Gasteiger partial charge < -0.3 is 15.4 Å². The Hall–Kier alpha value is -1.55. The van der Waals surface area contributed by atoms with Crippen molar-refractivity contribution in [2.24, 2.45) is 5.92 Å². The summed E-state index contributed by atoms with van der Waals surface area (Å²) in [6, 6.07) is 6.77. The van der Waals surface area contributed by atoms with Crippen LogP contribution in [0.4, 0.5) is 0 Å². The van der Waals surface area contributed by atoms with Crippen molar-refractivity contribution >= 4 is 5.91 Å². The van der Waals surface area contributed by atoms with E-state index >= 15 is 0 Å². The van der Waals surface area contributed by atoms with E-state index in [1.165, 1.54) is 12.0 Å². The van der Waals surface area contributed by atoms with Crippen LogP contribution >= 0.6 is 0 Å². The van der Waals surface area contributed by atoms with Gasteiger partial charge in [-0.1, -0.05) is 0 Å². The van der Waals surface area contributed by atoms with Crippen LogP contribution < -0.4 is 15.4 Å². The molecule has 2 aliphatic heterocycles. The fraction of sp³-hybridized carbons (Fsp3) is 0.562. The van der Waals surface area contributed by atoms with Crippen LogP contribution in [0, 0.1) is 5.92 Å². The van der Waals surface area contributed by atoms with Gasteiger partial charge in [-0.05, 0) is 55.4 Å². The molecule has 1 aromatic rings. The molecule has 4 nitrogen and oxygen atoms in total. The van der Waals surface area contributed by atoms with Crippen molar-refractivity contribution in [3.8, 4) is 5.75 Å². The number of piperidine rings is 1. The van der Waals surface area contributed by atoms with Gasteiger partial charge >= 0.3 is 0 Å². The molecule has 2 N–H and O–H groups in total. The molecule has 0 aromatic heterocycles. The average Bonchev–Trinajstić information content (AvgIpc) is 3.09. The Morgan fingerprint density at radius 1 is 1.35 bits per heavy atom. The highest BCUT2D eigenvalue weighted by atomic mass is 16.5. The Morgan fingerprint density at radius 2 is 2.30 bits per heavy atom. The lowest BCUT2D eigenvalue weighted by Gasteiger charge is -2.24. The number of fused-ring (bicyclic) bond motifs is 3. The molecule has 1 saturated heterocycles. The zero-order valence-electron chi connectivity index (χ0n) is 11.5. The number of aryl methyl sites for hydroxylation is 1. The quantitative estimate of drug-likeness (QED) is 0.857. The van der Waals surface area contributed by atoms with Crippen LogP contribution in [0.1, 0.15) is 35.2 Å². The fourth-order valence-corrected chi connectivity index (χ4v) is 3.77. The normalized spacial score (nSPS) is 30.7. The lowest BCUT2D eigenvalue weighted by Crippen LogP contribution is -2.44. The van der Waals surface area contributed by atoms with Crippen LogP contribution in [0.15, 0.2) is 18.2 Å². The smallest absolute Gasteiger partial charge is 0.251 e. The van der Waals surface area contributed by atoms with Gasteiger partial charge in [0, 0.05) is 24.2 Å². The van der Waals surface area contributed by atoms with Crippen molar-refractivity contribution in [2.45, 2.75) is 37.8 Å². The van der Waals surface area contributed by atoms with E-state index in [0.717, 1.165) is 43.7 Å². The van der Waals surface area contributed by atoms with E-state index in [-0.39, 0.29) is 5.91 Å². The topological polar surface area (TPSA) is 50.4 Å². The first-order valence-corrected chi connectivity index (χ1v) is 7.59. The summed E-state index contributed by atoms with van der Waals surface area (Å²) >= 11 is 0. The van der Waals surface area contributed by atoms with Crippen molar-refractivity contribution in [1.82, 2.24) is 10.6 Å². The third-order valence-corrected chi connectivity index (χ3v) is 4.85. The van der Waals surface area contributed by atoms with Crippen molar-refractivity contribution < 1.29 is 9.53 Å². The van der Waals surface area contributed by atoms with Gasteiger partial charge in [0.1, 0.15) is 5.75 Å². The second-order valence-electron chi connectivity index (χ2n) is 6.19. The fourth-order valence-electron chi connectivity index (χ4n) is 3.77. The van der Waals surface area contributed by atoms with Crippen molar-refractivity contribution in [3.63, 3.8) is 0 Å². The molecule has 3 atom stereocenters. The van der Waals surface area contributed by atoms with Crippen LogP contribution in [0.3, 0.4) is 0 Å². The molecule has 2 fully saturated rings. The summed E-state index contributed by atoms with van der Waals surface area (Å²) in [5.74, 6) is 1.62. The summed E-state index contributed by atoms with van der Waals surface area (Å²) in [5, 5.41) is 6.69. The summed E-state index contributed by atoms with van der Waals surface area (Å²) in [6.45, 7) is 1.84. The molecule has 106 valence electrons. The van der Waals surface area contributed by atoms with Gasteiger partial charge in [0.05, 0.1) is 6.61 Å². The first kappa shape index (κ1) is 12.2. The van der Waals surface area contributed by atoms with E-state index in [0.29, 0.717) is 18.0 Å². The van der Waals surface area contributed by atoms with E-state index in [1.807, 2.05) is 18.2 Å². The first-order valence-electron chi connectivity index (χ1n) is 7.59. The molecular formula is C16H20N2O2. The maximum atomic E-state index is 12.4. The molecule has 0 radical (unpaired) electrons. The molecule has 2 bridgehead atoms. The summed E-state index contributed by atoms with van der Waals surface area (Å²) in [4.78, 5) is 12.4. The monoisotopic (exact) mass is 272 g/mol. The minimum atomic E-state index is 0.0657. The Morgan fingerprint density at radius 3 is 3.10 bits per heavy atom. The molecule has 4 rings (SSSR count). The van der Waals surface area contributed by atoms with E-state index in [1.54, 1.807) is 0 Å². The zero-order chi connectivity index (χ0) is 13.5. The van der Waals surface area contributed by atoms with Crippen molar-refractivity contribution in [3.05, 3.63) is 29.3 Å². The predicted octanol–water partition coefficient (Wildman–Crippen LogP) is 1.49. The molecule has 3 unspecified atom stereocenters. The van der Waals surface area contributed by atoms with Gasteiger partial charge in [0.25, 0.3) is 5.91 Å². The lowest BCUT2D eigenvalue weighted by molar-refractivity contribution is 0.0925. The second kappa shape index (κ2) is 4.77. The molecule has 0 spiro atoms. The maximum Gasteiger partial charge on any atom is 0.251 e. The zero-order valence-corrected chi connectivity index (χ0v) is 11.5. The molecule has 1 aliphatic carbocycles. The number of amides is 1. The standard InChI is InChI=1S/C16H20N2O2/c19-16(18-14-8-13-7-12(14)9-17-13)11-3-4-15-10(6-11)2-1-5-20-15/h3-4,6,12-14,17H,1-2,5,7-9H2,(H,18,19). The SMILES string of the molecule is O=C(NC1CC2CC1CN2)c1ccc2c(c1)CCCO2. The van der Waals surface area contributed by atoms with E-state index < -0.39 is 0 Å². The van der Waals surface area contributed by atoms with Crippen LogP contribution in [0.5, 0.6) is 5.75 Å². The first-order chi connectivity index (χ1) is 9.79. The van der Waals surface area contributed by atoms with Crippen LogP contribution in [0.2, 0.25) is 0 Å². The second-order valence-corrected chi connectivity index (χ2v) is 6.19. The molecular weight excluding hydrogens is 252 g/mol. The number of rotatable bonds is 2. The van der Waals surface area contributed by atoms with Gasteiger partial charge in [-0.3, -0.25) is 4.79 Å². The third-order valence-electron chi connectivity index (χ3n) is 4.85. The summed E-state index contributed by atoms with van der Waals surface area (Å²) in [5.41, 5.74) is 1.93. The van der Waals surface area contributed by atoms with E-state index in [9.17, 15) is 4.79 Å². The molecule has 4 heteroatoms. The summed E-state index contributed by atoms with van der Waals surface area (Å²) < 4.78 is 5.59. The Balaban J connectivity index is 1.48. The number of ether oxygens (including phenoxy) is 1. The highest BCUT2D eigenvalue weighted by molar-refractivity contribution is 5.94. The Bertz CT molecular complexity index is 543. The van der Waals surface area contributed by atoms with Gasteiger partial charge in [-0.2, -0.15) is 0 Å². The third kappa shape index (κ3) is 2.08. The van der Waals surface area contributed by atoms with Gasteiger partial charge in [0.2, 0.25) is 0 Å². The Kier molecular flexibility index (Phi) is 2.91. The van der Waals surface area contributed by atoms with Crippen LogP contribution in [0.25, 0.3) is 0 Å². The van der Waals surface area contributed by atoms with E-state index in [4.69, 9.17) is 4.74 Å². The number of carbonyl (C=O) groups is 1. The predicted molar refractivity (Wildman–Crippen MR) is 76.0 cm³/mol. The number of nitrogens with one attached hydrogen (secondary N) is 2. The average molecular weight is 272 g/mol. The van der Waals surface area contributed by atoms with E-state index in [2.05, 4.69) is 10.6 Å². The number of carbonyl (C=O) groups excluding carboxylic acids is 1. The molecule has 3 aliphatic rings.